The van der Waals surface area contributed by atoms with Gasteiger partial charge in [-0.25, -0.2) is 4.79 Å². The summed E-state index contributed by atoms with van der Waals surface area (Å²) >= 11 is 0. The minimum Gasteiger partial charge on any atom is -0.494 e. The van der Waals surface area contributed by atoms with Crippen molar-refractivity contribution in [1.82, 2.24) is 0 Å². The van der Waals surface area contributed by atoms with E-state index in [1.807, 2.05) is 31.2 Å². The average molecular weight is 342 g/mol. The van der Waals surface area contributed by atoms with E-state index in [9.17, 15) is 9.59 Å². The summed E-state index contributed by atoms with van der Waals surface area (Å²) in [6, 6.07) is 14.1. The zero-order chi connectivity index (χ0) is 18.1. The van der Waals surface area contributed by atoms with Crippen molar-refractivity contribution in [3.05, 3.63) is 54.1 Å². The summed E-state index contributed by atoms with van der Waals surface area (Å²) in [4.78, 5) is 24.0. The Balaban J connectivity index is 1.93. The molecule has 2 aromatic carbocycles. The predicted molar refractivity (Wildman–Crippen MR) is 97.1 cm³/mol. The minimum atomic E-state index is -0.460. The Bertz CT molecular complexity index is 714. The van der Waals surface area contributed by atoms with Gasteiger partial charge in [-0.2, -0.15) is 0 Å². The van der Waals surface area contributed by atoms with Crippen molar-refractivity contribution >= 4 is 23.3 Å². The number of rotatable bonds is 8. The Kier molecular flexibility index (Phi) is 6.83. The molecule has 0 aliphatic carbocycles. The molecule has 0 saturated heterocycles. The maximum Gasteiger partial charge on any atom is 0.340 e. The van der Waals surface area contributed by atoms with Crippen LogP contribution in [0.3, 0.4) is 0 Å². The lowest BCUT2D eigenvalue weighted by atomic mass is 10.2. The fraction of sp³-hybridized carbons (Fsp3) is 0.263. The molecular weight excluding hydrogens is 320 g/mol. The SMILES string of the molecule is CCOC(=O)c1ccccc1NC(=O)CNc1ccc(OCC)cc1. The number of anilines is 2. The summed E-state index contributed by atoms with van der Waals surface area (Å²) < 4.78 is 10.4. The molecule has 6 heteroatoms. The van der Waals surface area contributed by atoms with Crippen LogP contribution in [-0.2, 0) is 9.53 Å². The highest BCUT2D eigenvalue weighted by atomic mass is 16.5. The Morgan fingerprint density at radius 2 is 1.68 bits per heavy atom. The summed E-state index contributed by atoms with van der Waals surface area (Å²) in [6.07, 6.45) is 0. The van der Waals surface area contributed by atoms with Gasteiger partial charge in [-0.1, -0.05) is 12.1 Å². The Labute approximate surface area is 147 Å². The van der Waals surface area contributed by atoms with Crippen LogP contribution in [0.15, 0.2) is 48.5 Å². The van der Waals surface area contributed by atoms with Gasteiger partial charge in [-0.3, -0.25) is 4.79 Å². The van der Waals surface area contributed by atoms with Crippen LogP contribution < -0.4 is 15.4 Å². The van der Waals surface area contributed by atoms with E-state index in [4.69, 9.17) is 9.47 Å². The second-order valence-electron chi connectivity index (χ2n) is 5.13. The number of esters is 1. The second-order valence-corrected chi connectivity index (χ2v) is 5.13. The highest BCUT2D eigenvalue weighted by Crippen LogP contribution is 2.17. The molecule has 0 spiro atoms. The number of amides is 1. The van der Waals surface area contributed by atoms with Gasteiger partial charge in [0.05, 0.1) is 31.0 Å². The summed E-state index contributed by atoms with van der Waals surface area (Å²) in [5, 5.41) is 5.75. The number of carbonyl (C=O) groups excluding carboxylic acids is 2. The molecule has 6 nitrogen and oxygen atoms in total. The molecule has 0 fully saturated rings. The van der Waals surface area contributed by atoms with E-state index in [1.165, 1.54) is 0 Å². The van der Waals surface area contributed by atoms with Crippen LogP contribution in [0.4, 0.5) is 11.4 Å². The lowest BCUT2D eigenvalue weighted by Crippen LogP contribution is -2.23. The number of hydrogen-bond donors (Lipinski definition) is 2. The van der Waals surface area contributed by atoms with E-state index < -0.39 is 5.97 Å². The molecule has 0 bridgehead atoms. The third-order valence-corrected chi connectivity index (χ3v) is 3.31. The third-order valence-electron chi connectivity index (χ3n) is 3.31. The van der Waals surface area contributed by atoms with Crippen LogP contribution in [0, 0.1) is 0 Å². The highest BCUT2D eigenvalue weighted by Gasteiger charge is 2.13. The molecule has 0 saturated carbocycles. The van der Waals surface area contributed by atoms with Gasteiger partial charge >= 0.3 is 5.97 Å². The Morgan fingerprint density at radius 1 is 0.960 bits per heavy atom. The van der Waals surface area contributed by atoms with Crippen molar-refractivity contribution < 1.29 is 19.1 Å². The first-order valence-corrected chi connectivity index (χ1v) is 8.16. The smallest absolute Gasteiger partial charge is 0.340 e. The summed E-state index contributed by atoms with van der Waals surface area (Å²) in [5.74, 6) is 0.0596. The molecule has 0 unspecified atom stereocenters. The van der Waals surface area contributed by atoms with E-state index in [-0.39, 0.29) is 19.1 Å². The van der Waals surface area contributed by atoms with Crippen molar-refractivity contribution in [2.75, 3.05) is 30.4 Å². The van der Waals surface area contributed by atoms with Crippen molar-refractivity contribution in [2.24, 2.45) is 0 Å². The zero-order valence-corrected chi connectivity index (χ0v) is 14.4. The van der Waals surface area contributed by atoms with E-state index in [0.717, 1.165) is 11.4 Å². The molecule has 1 amide bonds. The topological polar surface area (TPSA) is 76.7 Å². The largest absolute Gasteiger partial charge is 0.494 e. The molecule has 25 heavy (non-hydrogen) atoms. The molecule has 132 valence electrons. The highest BCUT2D eigenvalue weighted by molar-refractivity contribution is 6.02. The predicted octanol–water partition coefficient (Wildman–Crippen LogP) is 3.31. The van der Waals surface area contributed by atoms with Crippen LogP contribution in [0.2, 0.25) is 0 Å². The fourth-order valence-corrected chi connectivity index (χ4v) is 2.19. The number of nitrogens with one attached hydrogen (secondary N) is 2. The maximum atomic E-state index is 12.1. The molecule has 0 aliphatic heterocycles. The molecule has 2 N–H and O–H groups in total. The summed E-state index contributed by atoms with van der Waals surface area (Å²) in [6.45, 7) is 4.62. The first-order valence-electron chi connectivity index (χ1n) is 8.16. The second kappa shape index (κ2) is 9.32. The number of hydrogen-bond acceptors (Lipinski definition) is 5. The van der Waals surface area contributed by atoms with Crippen LogP contribution in [0.1, 0.15) is 24.2 Å². The van der Waals surface area contributed by atoms with E-state index in [0.29, 0.717) is 17.9 Å². The average Bonchev–Trinajstić information content (AvgIpc) is 2.62. The molecule has 2 rings (SSSR count). The quantitative estimate of drug-likeness (QED) is 0.720. The Hall–Kier alpha value is -3.02. The van der Waals surface area contributed by atoms with Gasteiger partial charge in [-0.15, -0.1) is 0 Å². The van der Waals surface area contributed by atoms with Crippen LogP contribution in [-0.4, -0.2) is 31.6 Å². The number of para-hydroxylation sites is 1. The van der Waals surface area contributed by atoms with E-state index in [1.54, 1.807) is 31.2 Å². The normalized spacial score (nSPS) is 10.0. The van der Waals surface area contributed by atoms with Gasteiger partial charge < -0.3 is 20.1 Å². The minimum absolute atomic E-state index is 0.0745. The van der Waals surface area contributed by atoms with E-state index in [2.05, 4.69) is 10.6 Å². The monoisotopic (exact) mass is 342 g/mol. The molecular formula is C19H22N2O4. The third kappa shape index (κ3) is 5.53. The number of ether oxygens (including phenoxy) is 2. The van der Waals surface area contributed by atoms with Gasteiger partial charge in [-0.05, 0) is 50.2 Å². The standard InChI is InChI=1S/C19H22N2O4/c1-3-24-15-11-9-14(10-12-15)20-13-18(22)21-17-8-6-5-7-16(17)19(23)25-4-2/h5-12,20H,3-4,13H2,1-2H3,(H,21,22). The van der Waals surface area contributed by atoms with Crippen LogP contribution >= 0.6 is 0 Å². The Morgan fingerprint density at radius 3 is 2.36 bits per heavy atom. The van der Waals surface area contributed by atoms with Crippen molar-refractivity contribution in [2.45, 2.75) is 13.8 Å². The lowest BCUT2D eigenvalue weighted by molar-refractivity contribution is -0.114. The summed E-state index contributed by atoms with van der Waals surface area (Å²) in [7, 11) is 0. The van der Waals surface area contributed by atoms with Crippen molar-refractivity contribution in [3.63, 3.8) is 0 Å². The van der Waals surface area contributed by atoms with Gasteiger partial charge in [0.25, 0.3) is 0 Å². The van der Waals surface area contributed by atoms with Crippen LogP contribution in [0.5, 0.6) is 5.75 Å². The molecule has 0 heterocycles. The zero-order valence-electron chi connectivity index (χ0n) is 14.4. The summed E-state index contributed by atoms with van der Waals surface area (Å²) in [5.41, 5.74) is 1.57. The van der Waals surface area contributed by atoms with Crippen molar-refractivity contribution in [1.29, 1.82) is 0 Å². The molecule has 0 aromatic heterocycles. The van der Waals surface area contributed by atoms with Gasteiger partial charge in [0.1, 0.15) is 5.75 Å². The van der Waals surface area contributed by atoms with Gasteiger partial charge in [0.2, 0.25) is 5.91 Å². The lowest BCUT2D eigenvalue weighted by Gasteiger charge is -2.11. The molecule has 2 aromatic rings. The maximum absolute atomic E-state index is 12.1. The molecule has 0 atom stereocenters. The molecule has 0 aliphatic rings. The first kappa shape index (κ1) is 18.3. The van der Waals surface area contributed by atoms with E-state index >= 15 is 0 Å². The number of carbonyl (C=O) groups is 2. The van der Waals surface area contributed by atoms with Crippen molar-refractivity contribution in [3.8, 4) is 5.75 Å². The number of benzene rings is 2. The molecule has 0 radical (unpaired) electrons. The fourth-order valence-electron chi connectivity index (χ4n) is 2.19. The van der Waals surface area contributed by atoms with Crippen LogP contribution in [0.25, 0.3) is 0 Å². The van der Waals surface area contributed by atoms with Gasteiger partial charge in [0.15, 0.2) is 0 Å². The van der Waals surface area contributed by atoms with Gasteiger partial charge in [0, 0.05) is 5.69 Å². The first-order chi connectivity index (χ1) is 12.1.